The first-order chi connectivity index (χ1) is 7.97. The summed E-state index contributed by atoms with van der Waals surface area (Å²) in [6.07, 6.45) is 1.38. The van der Waals surface area contributed by atoms with E-state index in [1.807, 2.05) is 0 Å². The largest absolute Gasteiger partial charge is 0.300 e. The molecule has 2 rings (SSSR count). The maximum Gasteiger partial charge on any atom is 0.136 e. The quantitative estimate of drug-likeness (QED) is 0.780. The van der Waals surface area contributed by atoms with E-state index in [0.717, 1.165) is 13.1 Å². The average Bonchev–Trinajstić information content (AvgIpc) is 2.21. The summed E-state index contributed by atoms with van der Waals surface area (Å²) in [5.74, 6) is 0.399. The van der Waals surface area contributed by atoms with Gasteiger partial charge in [-0.2, -0.15) is 0 Å². The highest BCUT2D eigenvalue weighted by molar-refractivity contribution is 5.80. The minimum Gasteiger partial charge on any atom is -0.300 e. The summed E-state index contributed by atoms with van der Waals surface area (Å²) in [4.78, 5) is 13.9. The first kappa shape index (κ1) is 12.3. The third-order valence-corrected chi connectivity index (χ3v) is 3.60. The summed E-state index contributed by atoms with van der Waals surface area (Å²) < 4.78 is 0. The highest BCUT2D eigenvalue weighted by Gasteiger charge is 2.33. The van der Waals surface area contributed by atoms with E-state index < -0.39 is 0 Å². The second-order valence-electron chi connectivity index (χ2n) is 5.69. The maximum absolute atomic E-state index is 11.5. The number of hydrogen-bond donors (Lipinski definition) is 0. The van der Waals surface area contributed by atoms with Crippen molar-refractivity contribution in [3.63, 3.8) is 0 Å². The molecule has 1 aliphatic rings. The zero-order valence-electron chi connectivity index (χ0n) is 11.0. The first-order valence-electron chi connectivity index (χ1n) is 6.30. The predicted octanol–water partition coefficient (Wildman–Crippen LogP) is 2.94. The van der Waals surface area contributed by atoms with Crippen molar-refractivity contribution in [1.29, 1.82) is 0 Å². The minimum atomic E-state index is -0.000913. The van der Waals surface area contributed by atoms with Crippen molar-refractivity contribution >= 4 is 5.78 Å². The number of hydrogen-bond acceptors (Lipinski definition) is 2. The van der Waals surface area contributed by atoms with Crippen LogP contribution in [0.4, 0.5) is 0 Å². The number of aryl methyl sites for hydroxylation is 1. The topological polar surface area (TPSA) is 20.3 Å². The van der Waals surface area contributed by atoms with E-state index in [0.29, 0.717) is 18.6 Å². The third-order valence-electron chi connectivity index (χ3n) is 3.60. The van der Waals surface area contributed by atoms with Crippen LogP contribution in [0.2, 0.25) is 0 Å². The van der Waals surface area contributed by atoms with Crippen LogP contribution in [0.15, 0.2) is 24.3 Å². The highest BCUT2D eigenvalue weighted by Crippen LogP contribution is 2.27. The number of Topliss-reactive ketones (excluding diaryl/α,β-unsaturated/α-hetero) is 1. The fourth-order valence-electron chi connectivity index (χ4n) is 2.57. The van der Waals surface area contributed by atoms with Gasteiger partial charge < -0.3 is 0 Å². The fourth-order valence-corrected chi connectivity index (χ4v) is 2.57. The number of likely N-dealkylation sites (tertiary alicyclic amines) is 1. The van der Waals surface area contributed by atoms with Gasteiger partial charge in [0.25, 0.3) is 0 Å². The minimum absolute atomic E-state index is 0.000913. The predicted molar refractivity (Wildman–Crippen MR) is 69.9 cm³/mol. The van der Waals surface area contributed by atoms with Crippen molar-refractivity contribution in [2.75, 3.05) is 6.54 Å². The number of benzene rings is 1. The van der Waals surface area contributed by atoms with Gasteiger partial charge in [0.2, 0.25) is 0 Å². The Morgan fingerprint density at radius 1 is 1.35 bits per heavy atom. The molecule has 0 atom stereocenters. The molecule has 1 heterocycles. The summed E-state index contributed by atoms with van der Waals surface area (Å²) in [5, 5.41) is 0. The lowest BCUT2D eigenvalue weighted by atomic mass is 9.89. The number of carbonyl (C=O) groups excluding carboxylic acids is 1. The molecule has 1 aromatic rings. The molecule has 1 saturated heterocycles. The second-order valence-corrected chi connectivity index (χ2v) is 5.69. The first-order valence-corrected chi connectivity index (χ1v) is 6.30. The summed E-state index contributed by atoms with van der Waals surface area (Å²) in [7, 11) is 0. The van der Waals surface area contributed by atoms with E-state index in [1.54, 1.807) is 0 Å². The molecule has 0 saturated carbocycles. The zero-order valence-corrected chi connectivity index (χ0v) is 11.0. The van der Waals surface area contributed by atoms with Gasteiger partial charge in [0, 0.05) is 31.5 Å². The lowest BCUT2D eigenvalue weighted by Gasteiger charge is -2.41. The van der Waals surface area contributed by atoms with E-state index in [-0.39, 0.29) is 5.54 Å². The molecule has 0 aromatic heterocycles. The molecule has 0 bridgehead atoms. The van der Waals surface area contributed by atoms with Crippen molar-refractivity contribution in [2.24, 2.45) is 0 Å². The van der Waals surface area contributed by atoms with Crippen LogP contribution in [0.5, 0.6) is 0 Å². The van der Waals surface area contributed by atoms with Crippen LogP contribution in [0.25, 0.3) is 0 Å². The van der Waals surface area contributed by atoms with Crippen LogP contribution in [-0.2, 0) is 11.3 Å². The van der Waals surface area contributed by atoms with Gasteiger partial charge in [0.15, 0.2) is 0 Å². The third kappa shape index (κ3) is 2.95. The maximum atomic E-state index is 11.5. The summed E-state index contributed by atoms with van der Waals surface area (Å²) in [6, 6.07) is 8.62. The van der Waals surface area contributed by atoms with Gasteiger partial charge in [0.05, 0.1) is 0 Å². The normalized spacial score (nSPS) is 20.5. The summed E-state index contributed by atoms with van der Waals surface area (Å²) >= 11 is 0. The Morgan fingerprint density at radius 3 is 2.76 bits per heavy atom. The van der Waals surface area contributed by atoms with Crippen LogP contribution in [0.1, 0.15) is 37.8 Å². The SMILES string of the molecule is Cc1cccc(CN2CCC(=O)CC2(C)C)c1. The molecule has 0 amide bonds. The molecule has 92 valence electrons. The van der Waals surface area contributed by atoms with Crippen molar-refractivity contribution in [3.05, 3.63) is 35.4 Å². The standard InChI is InChI=1S/C15H21NO/c1-12-5-4-6-13(9-12)11-16-8-7-14(17)10-15(16,2)3/h4-6,9H,7-8,10-11H2,1-3H3. The number of piperidine rings is 1. The molecule has 2 nitrogen and oxygen atoms in total. The number of nitrogens with zero attached hydrogens (tertiary/aromatic N) is 1. The zero-order chi connectivity index (χ0) is 12.5. The van der Waals surface area contributed by atoms with E-state index >= 15 is 0 Å². The number of rotatable bonds is 2. The van der Waals surface area contributed by atoms with Crippen LogP contribution in [0, 0.1) is 6.92 Å². The van der Waals surface area contributed by atoms with Gasteiger partial charge in [-0.15, -0.1) is 0 Å². The fraction of sp³-hybridized carbons (Fsp3) is 0.533. The Labute approximate surface area is 104 Å². The molecule has 0 radical (unpaired) electrons. The summed E-state index contributed by atoms with van der Waals surface area (Å²) in [6.45, 7) is 8.29. The number of ketones is 1. The lowest BCUT2D eigenvalue weighted by Crippen LogP contribution is -2.49. The van der Waals surface area contributed by atoms with Gasteiger partial charge in [0.1, 0.15) is 5.78 Å². The molecule has 0 aliphatic carbocycles. The van der Waals surface area contributed by atoms with E-state index in [2.05, 4.69) is 49.9 Å². The summed E-state index contributed by atoms with van der Waals surface area (Å²) in [5.41, 5.74) is 2.64. The van der Waals surface area contributed by atoms with Crippen molar-refractivity contribution in [1.82, 2.24) is 4.90 Å². The monoisotopic (exact) mass is 231 g/mol. The molecule has 17 heavy (non-hydrogen) atoms. The molecular weight excluding hydrogens is 210 g/mol. The average molecular weight is 231 g/mol. The van der Waals surface area contributed by atoms with Gasteiger partial charge in [-0.05, 0) is 26.3 Å². The molecule has 0 spiro atoms. The Hall–Kier alpha value is -1.15. The van der Waals surface area contributed by atoms with Crippen LogP contribution in [0.3, 0.4) is 0 Å². The molecule has 1 aliphatic heterocycles. The molecule has 1 aromatic carbocycles. The number of carbonyl (C=O) groups is 1. The lowest BCUT2D eigenvalue weighted by molar-refractivity contribution is -0.125. The molecule has 1 fully saturated rings. The smallest absolute Gasteiger partial charge is 0.136 e. The molecule has 0 unspecified atom stereocenters. The van der Waals surface area contributed by atoms with Crippen LogP contribution < -0.4 is 0 Å². The van der Waals surface area contributed by atoms with Gasteiger partial charge >= 0.3 is 0 Å². The van der Waals surface area contributed by atoms with Crippen molar-refractivity contribution in [2.45, 2.75) is 45.7 Å². The Morgan fingerprint density at radius 2 is 2.12 bits per heavy atom. The van der Waals surface area contributed by atoms with Crippen LogP contribution in [-0.4, -0.2) is 22.8 Å². The van der Waals surface area contributed by atoms with Crippen molar-refractivity contribution in [3.8, 4) is 0 Å². The molecule has 0 N–H and O–H groups in total. The Kier molecular flexibility index (Phi) is 3.34. The van der Waals surface area contributed by atoms with Gasteiger partial charge in [-0.25, -0.2) is 0 Å². The molecular formula is C15H21NO. The second kappa shape index (κ2) is 4.61. The van der Waals surface area contributed by atoms with Crippen molar-refractivity contribution < 1.29 is 4.79 Å². The van der Waals surface area contributed by atoms with Crippen LogP contribution >= 0.6 is 0 Å². The van der Waals surface area contributed by atoms with E-state index in [1.165, 1.54) is 11.1 Å². The Balaban J connectivity index is 2.10. The van der Waals surface area contributed by atoms with E-state index in [4.69, 9.17) is 0 Å². The van der Waals surface area contributed by atoms with Gasteiger partial charge in [-0.1, -0.05) is 29.8 Å². The Bertz CT molecular complexity index is 423. The highest BCUT2D eigenvalue weighted by atomic mass is 16.1. The molecule has 2 heteroatoms. The van der Waals surface area contributed by atoms with E-state index in [9.17, 15) is 4.79 Å². The van der Waals surface area contributed by atoms with Gasteiger partial charge in [-0.3, -0.25) is 9.69 Å².